The number of aliphatic hydroxyl groups is 1. The van der Waals surface area contributed by atoms with Crippen molar-refractivity contribution in [3.05, 3.63) is 35.9 Å². The Morgan fingerprint density at radius 1 is 1.32 bits per heavy atom. The van der Waals surface area contributed by atoms with E-state index >= 15 is 0 Å². The van der Waals surface area contributed by atoms with E-state index in [1.807, 2.05) is 0 Å². The van der Waals surface area contributed by atoms with Crippen molar-refractivity contribution in [2.24, 2.45) is 0 Å². The molecule has 0 radical (unpaired) electrons. The van der Waals surface area contributed by atoms with Crippen LogP contribution in [0.1, 0.15) is 24.8 Å². The number of alkyl halides is 3. The molecule has 6 heteroatoms. The first kappa shape index (κ1) is 15.5. The molecule has 0 aliphatic rings. The van der Waals surface area contributed by atoms with Crippen molar-refractivity contribution in [3.63, 3.8) is 0 Å². The predicted molar refractivity (Wildman–Crippen MR) is 64.5 cm³/mol. The lowest BCUT2D eigenvalue weighted by molar-refractivity contribution is -0.201. The summed E-state index contributed by atoms with van der Waals surface area (Å²) in [6.07, 6.45) is -6.79. The molecule has 0 heterocycles. The second kappa shape index (κ2) is 6.56. The van der Waals surface area contributed by atoms with Crippen LogP contribution in [-0.4, -0.2) is 29.8 Å². The van der Waals surface area contributed by atoms with E-state index in [2.05, 4.69) is 5.32 Å². The van der Waals surface area contributed by atoms with Gasteiger partial charge in [0.05, 0.1) is 12.5 Å². The fraction of sp³-hybridized carbons (Fsp3) is 0.462. The Morgan fingerprint density at radius 2 is 1.89 bits per heavy atom. The van der Waals surface area contributed by atoms with Gasteiger partial charge in [-0.25, -0.2) is 0 Å². The molecule has 1 aromatic rings. The van der Waals surface area contributed by atoms with Crippen LogP contribution in [0.4, 0.5) is 13.2 Å². The van der Waals surface area contributed by atoms with Crippen LogP contribution in [0, 0.1) is 0 Å². The van der Waals surface area contributed by atoms with Gasteiger partial charge in [-0.2, -0.15) is 13.2 Å². The molecule has 0 saturated heterocycles. The van der Waals surface area contributed by atoms with E-state index in [0.29, 0.717) is 6.42 Å². The maximum absolute atomic E-state index is 12.1. The van der Waals surface area contributed by atoms with Gasteiger partial charge in [-0.1, -0.05) is 37.3 Å². The van der Waals surface area contributed by atoms with Gasteiger partial charge in [-0.3, -0.25) is 4.79 Å². The Bertz CT molecular complexity index is 406. The molecule has 2 unspecified atom stereocenters. The Kier molecular flexibility index (Phi) is 5.35. The highest BCUT2D eigenvalue weighted by Crippen LogP contribution is 2.21. The van der Waals surface area contributed by atoms with Gasteiger partial charge in [-0.15, -0.1) is 0 Å². The molecule has 0 saturated carbocycles. The summed E-state index contributed by atoms with van der Waals surface area (Å²) in [7, 11) is 0. The van der Waals surface area contributed by atoms with Crippen LogP contribution < -0.4 is 5.32 Å². The van der Waals surface area contributed by atoms with Crippen molar-refractivity contribution in [2.45, 2.75) is 31.5 Å². The van der Waals surface area contributed by atoms with Crippen LogP contribution in [0.15, 0.2) is 30.3 Å². The van der Waals surface area contributed by atoms with Crippen LogP contribution in [0.2, 0.25) is 0 Å². The molecule has 0 aromatic heterocycles. The summed E-state index contributed by atoms with van der Waals surface area (Å²) in [4.78, 5) is 11.8. The Hall–Kier alpha value is -1.56. The molecular formula is C13H16F3NO2. The average Bonchev–Trinajstić information content (AvgIpc) is 2.37. The molecule has 1 aromatic carbocycles. The normalized spacial score (nSPS) is 14.8. The summed E-state index contributed by atoms with van der Waals surface area (Å²) in [5.41, 5.74) is 0.740. The lowest BCUT2D eigenvalue weighted by Crippen LogP contribution is -2.42. The van der Waals surface area contributed by atoms with Gasteiger partial charge in [0.2, 0.25) is 5.91 Å². The molecule has 0 bridgehead atoms. The summed E-state index contributed by atoms with van der Waals surface area (Å²) < 4.78 is 36.3. The number of hydrogen-bond donors (Lipinski definition) is 2. The maximum atomic E-state index is 12.1. The maximum Gasteiger partial charge on any atom is 0.416 e. The Labute approximate surface area is 109 Å². The highest BCUT2D eigenvalue weighted by atomic mass is 19.4. The van der Waals surface area contributed by atoms with Gasteiger partial charge in [0.15, 0.2) is 6.10 Å². The van der Waals surface area contributed by atoms with Crippen LogP contribution >= 0.6 is 0 Å². The van der Waals surface area contributed by atoms with E-state index in [-0.39, 0.29) is 0 Å². The fourth-order valence-corrected chi connectivity index (χ4v) is 1.69. The standard InChI is InChI=1S/C13H16F3NO2/c1-2-10(9-6-4-3-5-7-9)12(19)17-8-11(18)13(14,15)16/h3-7,10-11,18H,2,8H2,1H3,(H,17,19). The van der Waals surface area contributed by atoms with Crippen molar-refractivity contribution in [3.8, 4) is 0 Å². The molecule has 1 rings (SSSR count). The smallest absolute Gasteiger partial charge is 0.382 e. The summed E-state index contributed by atoms with van der Waals surface area (Å²) >= 11 is 0. The van der Waals surface area contributed by atoms with Crippen molar-refractivity contribution in [1.29, 1.82) is 0 Å². The van der Waals surface area contributed by atoms with E-state index in [1.165, 1.54) is 0 Å². The van der Waals surface area contributed by atoms with E-state index in [4.69, 9.17) is 5.11 Å². The lowest BCUT2D eigenvalue weighted by atomic mass is 9.95. The summed E-state index contributed by atoms with van der Waals surface area (Å²) in [6.45, 7) is 0.948. The first-order valence-corrected chi connectivity index (χ1v) is 5.93. The molecule has 0 aliphatic heterocycles. The topological polar surface area (TPSA) is 49.3 Å². The average molecular weight is 275 g/mol. The molecule has 0 spiro atoms. The van der Waals surface area contributed by atoms with Crippen molar-refractivity contribution in [1.82, 2.24) is 5.32 Å². The first-order valence-electron chi connectivity index (χ1n) is 5.93. The monoisotopic (exact) mass is 275 g/mol. The molecule has 1 amide bonds. The number of benzene rings is 1. The van der Waals surface area contributed by atoms with Crippen LogP contribution in [0.25, 0.3) is 0 Å². The molecule has 0 fully saturated rings. The number of rotatable bonds is 5. The van der Waals surface area contributed by atoms with Crippen molar-refractivity contribution < 1.29 is 23.1 Å². The van der Waals surface area contributed by atoms with Crippen LogP contribution in [0.3, 0.4) is 0 Å². The van der Waals surface area contributed by atoms with Crippen molar-refractivity contribution in [2.75, 3.05) is 6.54 Å². The van der Waals surface area contributed by atoms with E-state index < -0.39 is 30.7 Å². The second-order valence-corrected chi connectivity index (χ2v) is 4.17. The summed E-state index contributed by atoms with van der Waals surface area (Å²) in [6, 6.07) is 8.80. The predicted octanol–water partition coefficient (Wildman–Crippen LogP) is 2.22. The number of carbonyl (C=O) groups excluding carboxylic acids is 1. The van der Waals surface area contributed by atoms with Gasteiger partial charge in [-0.05, 0) is 12.0 Å². The third-order valence-electron chi connectivity index (χ3n) is 2.77. The van der Waals surface area contributed by atoms with Gasteiger partial charge >= 0.3 is 6.18 Å². The number of hydrogen-bond acceptors (Lipinski definition) is 2. The highest BCUT2D eigenvalue weighted by molar-refractivity contribution is 5.83. The minimum Gasteiger partial charge on any atom is -0.382 e. The molecular weight excluding hydrogens is 259 g/mol. The Morgan fingerprint density at radius 3 is 2.37 bits per heavy atom. The molecule has 106 valence electrons. The second-order valence-electron chi connectivity index (χ2n) is 4.17. The number of aliphatic hydroxyl groups excluding tert-OH is 1. The zero-order chi connectivity index (χ0) is 14.5. The number of carbonyl (C=O) groups is 1. The van der Waals surface area contributed by atoms with Gasteiger partial charge in [0.1, 0.15) is 0 Å². The largest absolute Gasteiger partial charge is 0.416 e. The molecule has 19 heavy (non-hydrogen) atoms. The minimum atomic E-state index is -4.72. The third-order valence-corrected chi connectivity index (χ3v) is 2.77. The molecule has 2 atom stereocenters. The van der Waals surface area contributed by atoms with Crippen LogP contribution in [0.5, 0.6) is 0 Å². The minimum absolute atomic E-state index is 0.470. The quantitative estimate of drug-likeness (QED) is 0.865. The lowest BCUT2D eigenvalue weighted by Gasteiger charge is -2.18. The molecule has 0 aliphatic carbocycles. The van der Waals surface area contributed by atoms with E-state index in [0.717, 1.165) is 5.56 Å². The van der Waals surface area contributed by atoms with E-state index in [9.17, 15) is 18.0 Å². The summed E-state index contributed by atoms with van der Waals surface area (Å²) in [5.74, 6) is -1.03. The van der Waals surface area contributed by atoms with E-state index in [1.54, 1.807) is 37.3 Å². The number of nitrogens with one attached hydrogen (secondary N) is 1. The molecule has 3 nitrogen and oxygen atoms in total. The Balaban J connectivity index is 2.61. The van der Waals surface area contributed by atoms with Gasteiger partial charge in [0, 0.05) is 0 Å². The zero-order valence-corrected chi connectivity index (χ0v) is 10.4. The number of halogens is 3. The SMILES string of the molecule is CCC(C(=O)NCC(O)C(F)(F)F)c1ccccc1. The zero-order valence-electron chi connectivity index (χ0n) is 10.4. The highest BCUT2D eigenvalue weighted by Gasteiger charge is 2.38. The summed E-state index contributed by atoms with van der Waals surface area (Å²) in [5, 5.41) is 10.9. The van der Waals surface area contributed by atoms with Crippen LogP contribution in [-0.2, 0) is 4.79 Å². The third kappa shape index (κ3) is 4.55. The fourth-order valence-electron chi connectivity index (χ4n) is 1.69. The van der Waals surface area contributed by atoms with Gasteiger partial charge in [0.25, 0.3) is 0 Å². The van der Waals surface area contributed by atoms with Gasteiger partial charge < -0.3 is 10.4 Å². The molecule has 2 N–H and O–H groups in total. The van der Waals surface area contributed by atoms with Crippen molar-refractivity contribution >= 4 is 5.91 Å². The first-order chi connectivity index (χ1) is 8.86. The number of amides is 1.